The van der Waals surface area contributed by atoms with Gasteiger partial charge in [0.1, 0.15) is 0 Å². The molecule has 0 fully saturated rings. The second-order valence-electron chi connectivity index (χ2n) is 4.94. The van der Waals surface area contributed by atoms with Crippen molar-refractivity contribution in [3.63, 3.8) is 0 Å². The van der Waals surface area contributed by atoms with Gasteiger partial charge in [0.05, 0.1) is 11.6 Å². The van der Waals surface area contributed by atoms with Gasteiger partial charge in [-0.15, -0.1) is 5.10 Å². The minimum Gasteiger partial charge on any atom is -0.406 e. The summed E-state index contributed by atoms with van der Waals surface area (Å²) in [5, 5.41) is 14.3. The molecule has 1 atom stereocenters. The summed E-state index contributed by atoms with van der Waals surface area (Å²) in [6.45, 7) is 9.65. The number of aromatic nitrogens is 2. The molecule has 6 nitrogen and oxygen atoms in total. The molecule has 6 heteroatoms. The van der Waals surface area contributed by atoms with Gasteiger partial charge in [-0.25, -0.2) is 0 Å². The Morgan fingerprint density at radius 3 is 2.72 bits per heavy atom. The lowest BCUT2D eigenvalue weighted by Gasteiger charge is -2.22. The van der Waals surface area contributed by atoms with Crippen molar-refractivity contribution in [2.75, 3.05) is 25.5 Å². The van der Waals surface area contributed by atoms with Gasteiger partial charge in [0.15, 0.2) is 0 Å². The minimum absolute atomic E-state index is 0.0726. The van der Waals surface area contributed by atoms with Crippen LogP contribution >= 0.6 is 0 Å². The van der Waals surface area contributed by atoms with E-state index in [9.17, 15) is 0 Å². The van der Waals surface area contributed by atoms with Gasteiger partial charge in [0.2, 0.25) is 5.89 Å². The first kappa shape index (κ1) is 14.9. The molecule has 0 aliphatic carbocycles. The molecule has 1 unspecified atom stereocenters. The van der Waals surface area contributed by atoms with E-state index in [2.05, 4.69) is 27.8 Å². The van der Waals surface area contributed by atoms with Crippen LogP contribution in [0.1, 0.15) is 46.0 Å². The van der Waals surface area contributed by atoms with E-state index in [1.165, 1.54) is 0 Å². The van der Waals surface area contributed by atoms with E-state index in [1.807, 2.05) is 20.8 Å². The summed E-state index contributed by atoms with van der Waals surface area (Å²) in [6.07, 6.45) is 1.08. The van der Waals surface area contributed by atoms with Gasteiger partial charge in [0.25, 0.3) is 0 Å². The van der Waals surface area contributed by atoms with Crippen molar-refractivity contribution in [2.24, 2.45) is 0 Å². The zero-order valence-electron chi connectivity index (χ0n) is 11.9. The van der Waals surface area contributed by atoms with Crippen LogP contribution in [-0.4, -0.2) is 36.0 Å². The van der Waals surface area contributed by atoms with Gasteiger partial charge in [-0.05, 0) is 33.7 Å². The summed E-state index contributed by atoms with van der Waals surface area (Å²) >= 11 is 0. The lowest BCUT2D eigenvalue weighted by atomic mass is 10.1. The molecule has 0 aliphatic heterocycles. The normalized spacial score (nSPS) is 13.6. The highest BCUT2D eigenvalue weighted by Crippen LogP contribution is 2.15. The number of rotatable bonds is 8. The first-order chi connectivity index (χ1) is 8.48. The van der Waals surface area contributed by atoms with Crippen LogP contribution in [0.5, 0.6) is 0 Å². The predicted molar refractivity (Wildman–Crippen MR) is 70.6 cm³/mol. The summed E-state index contributed by atoms with van der Waals surface area (Å²) in [5.41, 5.74) is -0.263. The molecule has 0 bridgehead atoms. The lowest BCUT2D eigenvalue weighted by molar-refractivity contribution is 0.0339. The molecular weight excluding hydrogens is 232 g/mol. The largest absolute Gasteiger partial charge is 0.406 e. The van der Waals surface area contributed by atoms with E-state index in [4.69, 9.17) is 9.15 Å². The standard InChI is InChI=1S/C12H24N4O2/c1-6-7-13-9(2)10-15-16-11(18-10)14-8-12(3,4)17-5/h9,13H,6-8H2,1-5H3,(H,14,16). The predicted octanol–water partition coefficient (Wildman–Crippen LogP) is 1.97. The zero-order valence-corrected chi connectivity index (χ0v) is 11.9. The Labute approximate surface area is 108 Å². The maximum Gasteiger partial charge on any atom is 0.315 e. The maximum absolute atomic E-state index is 5.53. The lowest BCUT2D eigenvalue weighted by Crippen LogP contribution is -2.32. The monoisotopic (exact) mass is 256 g/mol. The van der Waals surface area contributed by atoms with E-state index < -0.39 is 0 Å². The van der Waals surface area contributed by atoms with Crippen molar-refractivity contribution in [1.82, 2.24) is 15.5 Å². The van der Waals surface area contributed by atoms with Gasteiger partial charge >= 0.3 is 6.01 Å². The molecular formula is C12H24N4O2. The number of ether oxygens (including phenoxy) is 1. The molecule has 1 rings (SSSR count). The molecule has 2 N–H and O–H groups in total. The Balaban J connectivity index is 2.48. The molecule has 0 saturated carbocycles. The molecule has 18 heavy (non-hydrogen) atoms. The highest BCUT2D eigenvalue weighted by molar-refractivity contribution is 5.18. The Morgan fingerprint density at radius 1 is 1.39 bits per heavy atom. The van der Waals surface area contributed by atoms with Crippen LogP contribution in [0.4, 0.5) is 6.01 Å². The SMILES string of the molecule is CCCNC(C)c1nnc(NCC(C)(C)OC)o1. The molecule has 0 amide bonds. The molecule has 104 valence electrons. The second-order valence-corrected chi connectivity index (χ2v) is 4.94. The van der Waals surface area contributed by atoms with Crippen molar-refractivity contribution in [3.05, 3.63) is 5.89 Å². The number of nitrogens with zero attached hydrogens (tertiary/aromatic N) is 2. The highest BCUT2D eigenvalue weighted by Gasteiger charge is 2.18. The van der Waals surface area contributed by atoms with Crippen molar-refractivity contribution in [2.45, 2.75) is 45.8 Å². The molecule has 1 aromatic heterocycles. The van der Waals surface area contributed by atoms with Crippen molar-refractivity contribution in [1.29, 1.82) is 0 Å². The summed E-state index contributed by atoms with van der Waals surface area (Å²) in [6, 6.07) is 0.503. The van der Waals surface area contributed by atoms with Gasteiger partial charge in [-0.2, -0.15) is 0 Å². The summed E-state index contributed by atoms with van der Waals surface area (Å²) in [4.78, 5) is 0. The van der Waals surface area contributed by atoms with Crippen LogP contribution in [0.25, 0.3) is 0 Å². The summed E-state index contributed by atoms with van der Waals surface area (Å²) in [7, 11) is 1.68. The molecule has 1 heterocycles. The van der Waals surface area contributed by atoms with E-state index in [-0.39, 0.29) is 11.6 Å². The van der Waals surface area contributed by atoms with Gasteiger partial charge in [-0.1, -0.05) is 12.0 Å². The van der Waals surface area contributed by atoms with Crippen LogP contribution in [0, 0.1) is 0 Å². The van der Waals surface area contributed by atoms with E-state index in [1.54, 1.807) is 7.11 Å². The van der Waals surface area contributed by atoms with Crippen molar-refractivity contribution >= 4 is 6.01 Å². The number of anilines is 1. The fraction of sp³-hybridized carbons (Fsp3) is 0.833. The van der Waals surface area contributed by atoms with Crippen molar-refractivity contribution < 1.29 is 9.15 Å². The highest BCUT2D eigenvalue weighted by atomic mass is 16.5. The Kier molecular flexibility index (Phi) is 5.55. The van der Waals surface area contributed by atoms with E-state index in [0.717, 1.165) is 13.0 Å². The number of hydrogen-bond acceptors (Lipinski definition) is 6. The third-order valence-electron chi connectivity index (χ3n) is 2.73. The molecule has 0 aliphatic rings. The van der Waals surface area contributed by atoms with E-state index in [0.29, 0.717) is 18.5 Å². The van der Waals surface area contributed by atoms with E-state index >= 15 is 0 Å². The molecule has 0 aromatic carbocycles. The third kappa shape index (κ3) is 4.62. The third-order valence-corrected chi connectivity index (χ3v) is 2.73. The number of hydrogen-bond donors (Lipinski definition) is 2. The molecule has 0 saturated heterocycles. The maximum atomic E-state index is 5.53. The van der Waals surface area contributed by atoms with Crippen molar-refractivity contribution in [3.8, 4) is 0 Å². The smallest absolute Gasteiger partial charge is 0.315 e. The van der Waals surface area contributed by atoms with Gasteiger partial charge in [0, 0.05) is 13.7 Å². The Bertz CT molecular complexity index is 352. The first-order valence-corrected chi connectivity index (χ1v) is 6.34. The number of methoxy groups -OCH3 is 1. The summed E-state index contributed by atoms with van der Waals surface area (Å²) < 4.78 is 10.8. The fourth-order valence-corrected chi connectivity index (χ4v) is 1.29. The Hall–Kier alpha value is -1.14. The molecule has 0 spiro atoms. The first-order valence-electron chi connectivity index (χ1n) is 6.34. The van der Waals surface area contributed by atoms with Crippen LogP contribution in [0.15, 0.2) is 4.42 Å². The zero-order chi connectivity index (χ0) is 13.6. The number of nitrogens with one attached hydrogen (secondary N) is 2. The minimum atomic E-state index is -0.263. The fourth-order valence-electron chi connectivity index (χ4n) is 1.29. The Morgan fingerprint density at radius 2 is 2.11 bits per heavy atom. The van der Waals surface area contributed by atoms with Crippen LogP contribution in [0.3, 0.4) is 0 Å². The quantitative estimate of drug-likeness (QED) is 0.741. The molecule has 0 radical (unpaired) electrons. The average molecular weight is 256 g/mol. The van der Waals surface area contributed by atoms with Crippen LogP contribution in [0.2, 0.25) is 0 Å². The molecule has 1 aromatic rings. The van der Waals surface area contributed by atoms with Gasteiger partial charge in [-0.3, -0.25) is 0 Å². The van der Waals surface area contributed by atoms with Crippen LogP contribution < -0.4 is 10.6 Å². The van der Waals surface area contributed by atoms with Gasteiger partial charge < -0.3 is 19.8 Å². The second kappa shape index (κ2) is 6.70. The summed E-state index contributed by atoms with van der Waals surface area (Å²) in [5.74, 6) is 0.598. The topological polar surface area (TPSA) is 72.2 Å². The average Bonchev–Trinajstić information content (AvgIpc) is 2.82. The van der Waals surface area contributed by atoms with Crippen LogP contribution in [-0.2, 0) is 4.74 Å².